The van der Waals surface area contributed by atoms with Crippen LogP contribution in [-0.2, 0) is 6.54 Å². The first kappa shape index (κ1) is 12.1. The van der Waals surface area contributed by atoms with Gasteiger partial charge in [-0.25, -0.2) is 19.6 Å². The molecule has 0 bridgehead atoms. The van der Waals surface area contributed by atoms with Gasteiger partial charge in [0.2, 0.25) is 0 Å². The van der Waals surface area contributed by atoms with Gasteiger partial charge in [0.15, 0.2) is 10.1 Å². The number of fused-ring (bicyclic) bond motifs is 1. The molecule has 0 fully saturated rings. The average molecular weight is 296 g/mol. The summed E-state index contributed by atoms with van der Waals surface area (Å²) in [7, 11) is 0. The average Bonchev–Trinajstić information content (AvgIpc) is 2.80. The molecule has 0 aliphatic carbocycles. The van der Waals surface area contributed by atoms with Crippen molar-refractivity contribution in [1.29, 1.82) is 0 Å². The summed E-state index contributed by atoms with van der Waals surface area (Å²) in [6, 6.07) is 3.17. The number of aromatic nitrogens is 3. The van der Waals surface area contributed by atoms with Gasteiger partial charge in [0.25, 0.3) is 0 Å². The summed E-state index contributed by atoms with van der Waals surface area (Å²) in [6.45, 7) is 0.209. The topological polar surface area (TPSA) is 78.0 Å². The number of hydrogen-bond donors (Lipinski definition) is 0. The Balaban J connectivity index is 2.23. The predicted octanol–water partition coefficient (Wildman–Crippen LogP) is 1.51. The first-order valence-electron chi connectivity index (χ1n) is 5.24. The van der Waals surface area contributed by atoms with Gasteiger partial charge in [-0.3, -0.25) is 4.57 Å². The summed E-state index contributed by atoms with van der Waals surface area (Å²) in [5, 5.41) is 0.262. The molecule has 0 saturated carbocycles. The number of nitrogens with zero attached hydrogens (tertiary/aromatic N) is 3. The Morgan fingerprint density at radius 3 is 2.95 bits per heavy atom. The summed E-state index contributed by atoms with van der Waals surface area (Å²) in [5.74, 6) is -0.749. The molecule has 0 unspecified atom stereocenters. The molecule has 96 valence electrons. The fourth-order valence-corrected chi connectivity index (χ4v) is 2.67. The van der Waals surface area contributed by atoms with Crippen LogP contribution in [-0.4, -0.2) is 14.5 Å². The molecule has 0 amide bonds. The van der Waals surface area contributed by atoms with Crippen molar-refractivity contribution in [3.63, 3.8) is 0 Å². The molecule has 3 heterocycles. The number of pyridine rings is 1. The maximum absolute atomic E-state index is 11.8. The van der Waals surface area contributed by atoms with Crippen molar-refractivity contribution in [2.75, 3.05) is 0 Å². The van der Waals surface area contributed by atoms with Crippen LogP contribution >= 0.6 is 22.9 Å². The largest absolute Gasteiger partial charge is 0.423 e. The Morgan fingerprint density at radius 2 is 2.21 bits per heavy atom. The van der Waals surface area contributed by atoms with E-state index in [1.165, 1.54) is 22.1 Å². The second kappa shape index (κ2) is 4.60. The normalized spacial score (nSPS) is 11.0. The molecule has 8 heteroatoms. The van der Waals surface area contributed by atoms with Gasteiger partial charge in [-0.2, -0.15) is 0 Å². The first-order valence-corrected chi connectivity index (χ1v) is 6.43. The quantitative estimate of drug-likeness (QED) is 0.716. The third kappa shape index (κ3) is 2.18. The number of thiazole rings is 1. The van der Waals surface area contributed by atoms with Crippen LogP contribution in [0.1, 0.15) is 4.88 Å². The fourth-order valence-electron chi connectivity index (χ4n) is 1.70. The van der Waals surface area contributed by atoms with E-state index in [0.29, 0.717) is 4.47 Å². The standard InChI is InChI=1S/C11H6ClN3O3S/c12-10-14-4-6(19-10)5-15-8-7(2-1-3-13-8)9(16)18-11(15)17/h1-4H,5H2. The van der Waals surface area contributed by atoms with E-state index in [0.717, 1.165) is 4.88 Å². The highest BCUT2D eigenvalue weighted by molar-refractivity contribution is 7.15. The molecule has 3 aromatic heterocycles. The molecule has 0 N–H and O–H groups in total. The van der Waals surface area contributed by atoms with Crippen LogP contribution in [0, 0.1) is 0 Å². The summed E-state index contributed by atoms with van der Waals surface area (Å²) in [6.07, 6.45) is 3.08. The monoisotopic (exact) mass is 295 g/mol. The molecule has 0 saturated heterocycles. The minimum absolute atomic E-state index is 0.209. The van der Waals surface area contributed by atoms with Gasteiger partial charge in [0.1, 0.15) is 5.39 Å². The zero-order chi connectivity index (χ0) is 13.4. The molecule has 3 rings (SSSR count). The molecule has 3 aromatic rings. The number of halogens is 1. The third-order valence-corrected chi connectivity index (χ3v) is 3.60. The van der Waals surface area contributed by atoms with Crippen molar-refractivity contribution in [2.45, 2.75) is 6.54 Å². The Bertz CT molecular complexity index is 867. The van der Waals surface area contributed by atoms with E-state index >= 15 is 0 Å². The molecular weight excluding hydrogens is 290 g/mol. The molecule has 0 aliphatic rings. The second-order valence-corrected chi connectivity index (χ2v) is 5.39. The van der Waals surface area contributed by atoms with Gasteiger partial charge in [0, 0.05) is 17.3 Å². The van der Waals surface area contributed by atoms with Crippen molar-refractivity contribution in [1.82, 2.24) is 14.5 Å². The van der Waals surface area contributed by atoms with E-state index in [-0.39, 0.29) is 17.6 Å². The van der Waals surface area contributed by atoms with Gasteiger partial charge in [-0.15, -0.1) is 11.3 Å². The van der Waals surface area contributed by atoms with E-state index in [1.807, 2.05) is 0 Å². The van der Waals surface area contributed by atoms with Crippen LogP contribution < -0.4 is 11.4 Å². The van der Waals surface area contributed by atoms with Crippen LogP contribution in [0.15, 0.2) is 38.5 Å². The van der Waals surface area contributed by atoms with Crippen LogP contribution in [0.4, 0.5) is 0 Å². The predicted molar refractivity (Wildman–Crippen MR) is 70.8 cm³/mol. The lowest BCUT2D eigenvalue weighted by Gasteiger charge is -2.04. The zero-order valence-corrected chi connectivity index (χ0v) is 10.9. The summed E-state index contributed by atoms with van der Waals surface area (Å²) < 4.78 is 6.33. The highest BCUT2D eigenvalue weighted by atomic mass is 35.5. The van der Waals surface area contributed by atoms with E-state index in [2.05, 4.69) is 14.4 Å². The molecule has 0 radical (unpaired) electrons. The SMILES string of the molecule is O=c1oc(=O)n(Cc2cnc(Cl)s2)c2ncccc12. The third-order valence-electron chi connectivity index (χ3n) is 2.50. The zero-order valence-electron chi connectivity index (χ0n) is 9.37. The van der Waals surface area contributed by atoms with Crippen molar-refractivity contribution >= 4 is 34.0 Å². The Hall–Kier alpha value is -1.99. The van der Waals surface area contributed by atoms with Crippen LogP contribution in [0.3, 0.4) is 0 Å². The lowest BCUT2D eigenvalue weighted by molar-refractivity contribution is 0.424. The van der Waals surface area contributed by atoms with Crippen LogP contribution in [0.5, 0.6) is 0 Å². The number of rotatable bonds is 2. The highest BCUT2D eigenvalue weighted by Gasteiger charge is 2.11. The maximum atomic E-state index is 11.8. The van der Waals surface area contributed by atoms with Gasteiger partial charge in [0.05, 0.1) is 6.54 Å². The van der Waals surface area contributed by atoms with Gasteiger partial charge in [-0.1, -0.05) is 11.6 Å². The molecule has 19 heavy (non-hydrogen) atoms. The Labute approximate surface area is 114 Å². The first-order chi connectivity index (χ1) is 9.15. The van der Waals surface area contributed by atoms with E-state index in [4.69, 9.17) is 11.6 Å². The van der Waals surface area contributed by atoms with Crippen molar-refractivity contribution in [3.05, 3.63) is 54.8 Å². The Kier molecular flexibility index (Phi) is 2.92. The lowest BCUT2D eigenvalue weighted by atomic mass is 10.3. The summed E-state index contributed by atoms with van der Waals surface area (Å²) in [4.78, 5) is 32.1. The van der Waals surface area contributed by atoms with E-state index < -0.39 is 11.4 Å². The van der Waals surface area contributed by atoms with Gasteiger partial charge >= 0.3 is 11.4 Å². The second-order valence-electron chi connectivity index (χ2n) is 3.70. The molecular formula is C11H6ClN3O3S. The smallest absolute Gasteiger partial charge is 0.372 e. The van der Waals surface area contributed by atoms with Crippen molar-refractivity contribution < 1.29 is 4.42 Å². The van der Waals surface area contributed by atoms with Crippen molar-refractivity contribution in [3.8, 4) is 0 Å². The molecule has 0 atom stereocenters. The molecule has 6 nitrogen and oxygen atoms in total. The number of hydrogen-bond acceptors (Lipinski definition) is 6. The molecule has 0 aliphatic heterocycles. The lowest BCUT2D eigenvalue weighted by Crippen LogP contribution is -2.25. The summed E-state index contributed by atoms with van der Waals surface area (Å²) >= 11 is 6.99. The van der Waals surface area contributed by atoms with Gasteiger partial charge in [-0.05, 0) is 12.1 Å². The molecule has 0 spiro atoms. The van der Waals surface area contributed by atoms with E-state index in [9.17, 15) is 9.59 Å². The van der Waals surface area contributed by atoms with Crippen LogP contribution in [0.25, 0.3) is 11.0 Å². The fraction of sp³-hybridized carbons (Fsp3) is 0.0909. The van der Waals surface area contributed by atoms with Crippen molar-refractivity contribution in [2.24, 2.45) is 0 Å². The van der Waals surface area contributed by atoms with E-state index in [1.54, 1.807) is 18.3 Å². The highest BCUT2D eigenvalue weighted by Crippen LogP contribution is 2.19. The molecule has 0 aromatic carbocycles. The summed E-state index contributed by atoms with van der Waals surface area (Å²) in [5.41, 5.74) is -0.403. The minimum Gasteiger partial charge on any atom is -0.372 e. The van der Waals surface area contributed by atoms with Crippen LogP contribution in [0.2, 0.25) is 4.47 Å². The maximum Gasteiger partial charge on any atom is 0.423 e. The minimum atomic E-state index is -0.749. The van der Waals surface area contributed by atoms with Gasteiger partial charge < -0.3 is 4.42 Å². The Morgan fingerprint density at radius 1 is 1.37 bits per heavy atom.